The summed E-state index contributed by atoms with van der Waals surface area (Å²) in [6.45, 7) is 0. The van der Waals surface area contributed by atoms with Crippen molar-refractivity contribution in [2.45, 2.75) is 0 Å². The lowest BCUT2D eigenvalue weighted by atomic mass is 10.1. The highest BCUT2D eigenvalue weighted by Gasteiger charge is 2.25. The number of fused-ring (bicyclic) bond motifs is 6. The van der Waals surface area contributed by atoms with E-state index in [0.29, 0.717) is 0 Å². The molecule has 9 aromatic carbocycles. The first-order valence-electron chi connectivity index (χ1n) is 19.8. The standard InChI is InChI=1S/C54H37N3S2/c1-6-18-38(19-7-1)55(39-20-8-2-9-21-39)43-31-33-52-47(34-43)46-32-30-44(35-53(46)59-52)57(42-26-14-5-15-27-42)49-36-48-45-28-16-17-29-51(45)58-54(48)37-50(49)56(40-22-10-3-11-23-40)41-24-12-4-13-25-41/h1-37H. The number of thiophene rings is 2. The van der Waals surface area contributed by atoms with Crippen molar-refractivity contribution >= 4 is 114 Å². The Kier molecular flexibility index (Phi) is 8.88. The van der Waals surface area contributed by atoms with Crippen LogP contribution in [0.1, 0.15) is 0 Å². The van der Waals surface area contributed by atoms with Gasteiger partial charge in [0.1, 0.15) is 0 Å². The van der Waals surface area contributed by atoms with Crippen molar-refractivity contribution in [2.75, 3.05) is 14.7 Å². The third-order valence-electron chi connectivity index (χ3n) is 11.0. The number of nitrogens with zero attached hydrogens (tertiary/aromatic N) is 3. The molecule has 0 aliphatic carbocycles. The van der Waals surface area contributed by atoms with Crippen LogP contribution in [0.3, 0.4) is 0 Å². The molecule has 0 atom stereocenters. The molecule has 2 heterocycles. The lowest BCUT2D eigenvalue weighted by molar-refractivity contribution is 1.24. The van der Waals surface area contributed by atoms with Crippen molar-refractivity contribution in [3.05, 3.63) is 224 Å². The fourth-order valence-corrected chi connectivity index (χ4v) is 10.6. The van der Waals surface area contributed by atoms with Crippen LogP contribution in [0.25, 0.3) is 40.3 Å². The monoisotopic (exact) mass is 791 g/mol. The number of benzene rings is 9. The molecule has 59 heavy (non-hydrogen) atoms. The molecule has 5 heteroatoms. The van der Waals surface area contributed by atoms with E-state index in [0.717, 1.165) is 51.2 Å². The van der Waals surface area contributed by atoms with E-state index in [1.807, 2.05) is 22.7 Å². The maximum Gasteiger partial charge on any atom is 0.0716 e. The Balaban J connectivity index is 1.13. The van der Waals surface area contributed by atoms with Gasteiger partial charge in [-0.2, -0.15) is 0 Å². The predicted octanol–water partition coefficient (Wildman–Crippen LogP) is 16.8. The Morgan fingerprint density at radius 3 is 1.15 bits per heavy atom. The summed E-state index contributed by atoms with van der Waals surface area (Å²) in [4.78, 5) is 7.19. The van der Waals surface area contributed by atoms with E-state index in [2.05, 4.69) is 239 Å². The molecular weight excluding hydrogens is 755 g/mol. The summed E-state index contributed by atoms with van der Waals surface area (Å²) in [6.07, 6.45) is 0. The van der Waals surface area contributed by atoms with Gasteiger partial charge in [-0.1, -0.05) is 115 Å². The van der Waals surface area contributed by atoms with Crippen LogP contribution in [0, 0.1) is 0 Å². The van der Waals surface area contributed by atoms with Gasteiger partial charge in [0.2, 0.25) is 0 Å². The fourth-order valence-electron chi connectivity index (χ4n) is 8.33. The molecule has 0 saturated carbocycles. The SMILES string of the molecule is c1ccc(N(c2ccccc2)c2ccc3sc4cc(N(c5ccccc5)c5cc6c(cc5N(c5ccccc5)c5ccccc5)sc5ccccc56)ccc4c3c2)cc1. The molecule has 0 aliphatic rings. The molecular formula is C54H37N3S2. The number of hydrogen-bond donors (Lipinski definition) is 0. The molecule has 2 aromatic heterocycles. The van der Waals surface area contributed by atoms with Crippen molar-refractivity contribution in [3.63, 3.8) is 0 Å². The van der Waals surface area contributed by atoms with E-state index < -0.39 is 0 Å². The highest BCUT2D eigenvalue weighted by atomic mass is 32.1. The Morgan fingerprint density at radius 2 is 0.593 bits per heavy atom. The second-order valence-corrected chi connectivity index (χ2v) is 16.7. The van der Waals surface area contributed by atoms with Gasteiger partial charge >= 0.3 is 0 Å². The summed E-state index contributed by atoms with van der Waals surface area (Å²) < 4.78 is 5.05. The van der Waals surface area contributed by atoms with Gasteiger partial charge < -0.3 is 14.7 Å². The van der Waals surface area contributed by atoms with Gasteiger partial charge in [-0.25, -0.2) is 0 Å². The van der Waals surface area contributed by atoms with Gasteiger partial charge in [-0.05, 0) is 109 Å². The van der Waals surface area contributed by atoms with Crippen molar-refractivity contribution in [1.29, 1.82) is 0 Å². The second-order valence-electron chi connectivity index (χ2n) is 14.6. The van der Waals surface area contributed by atoms with Crippen LogP contribution in [0.4, 0.5) is 51.2 Å². The molecule has 0 bridgehead atoms. The topological polar surface area (TPSA) is 9.72 Å². The molecule has 0 fully saturated rings. The third kappa shape index (κ3) is 6.38. The maximum absolute atomic E-state index is 2.45. The van der Waals surface area contributed by atoms with Crippen molar-refractivity contribution in [1.82, 2.24) is 0 Å². The van der Waals surface area contributed by atoms with E-state index in [9.17, 15) is 0 Å². The van der Waals surface area contributed by atoms with E-state index in [4.69, 9.17) is 0 Å². The minimum Gasteiger partial charge on any atom is -0.310 e. The third-order valence-corrected chi connectivity index (χ3v) is 13.2. The average Bonchev–Trinajstić information content (AvgIpc) is 3.86. The first-order valence-corrected chi connectivity index (χ1v) is 21.5. The smallest absolute Gasteiger partial charge is 0.0716 e. The van der Waals surface area contributed by atoms with Crippen LogP contribution >= 0.6 is 22.7 Å². The lowest BCUT2D eigenvalue weighted by Gasteiger charge is -2.33. The average molecular weight is 792 g/mol. The largest absolute Gasteiger partial charge is 0.310 e. The van der Waals surface area contributed by atoms with Gasteiger partial charge in [-0.3, -0.25) is 0 Å². The summed E-state index contributed by atoms with van der Waals surface area (Å²) in [5.74, 6) is 0. The molecule has 0 radical (unpaired) electrons. The Morgan fingerprint density at radius 1 is 0.220 bits per heavy atom. The number of hydrogen-bond acceptors (Lipinski definition) is 5. The highest BCUT2D eigenvalue weighted by molar-refractivity contribution is 7.26. The molecule has 3 nitrogen and oxygen atoms in total. The van der Waals surface area contributed by atoms with Gasteiger partial charge in [-0.15, -0.1) is 22.7 Å². The van der Waals surface area contributed by atoms with Crippen molar-refractivity contribution in [2.24, 2.45) is 0 Å². The molecule has 0 unspecified atom stereocenters. The Labute approximate surface area is 351 Å². The van der Waals surface area contributed by atoms with Crippen molar-refractivity contribution in [3.8, 4) is 0 Å². The first-order chi connectivity index (χ1) is 29.3. The summed E-state index contributed by atoms with van der Waals surface area (Å²) in [5, 5.41) is 5.03. The van der Waals surface area contributed by atoms with Crippen LogP contribution in [0.2, 0.25) is 0 Å². The summed E-state index contributed by atoms with van der Waals surface area (Å²) in [5.41, 5.74) is 10.00. The van der Waals surface area contributed by atoms with Crippen LogP contribution in [-0.4, -0.2) is 0 Å². The highest BCUT2D eigenvalue weighted by Crippen LogP contribution is 2.51. The molecule has 0 saturated heterocycles. The normalized spacial score (nSPS) is 11.4. The molecule has 11 aromatic rings. The maximum atomic E-state index is 2.45. The second kappa shape index (κ2) is 15.0. The van der Waals surface area contributed by atoms with Crippen LogP contribution in [0.5, 0.6) is 0 Å². The Hall–Kier alpha value is -7.18. The van der Waals surface area contributed by atoms with Gasteiger partial charge in [0.25, 0.3) is 0 Å². The minimum atomic E-state index is 1.10. The number of rotatable bonds is 9. The van der Waals surface area contributed by atoms with Crippen LogP contribution in [-0.2, 0) is 0 Å². The van der Waals surface area contributed by atoms with Gasteiger partial charge in [0.05, 0.1) is 11.4 Å². The lowest BCUT2D eigenvalue weighted by Crippen LogP contribution is -2.17. The molecule has 0 N–H and O–H groups in total. The fraction of sp³-hybridized carbons (Fsp3) is 0. The van der Waals surface area contributed by atoms with Gasteiger partial charge in [0, 0.05) is 80.2 Å². The van der Waals surface area contributed by atoms with Crippen molar-refractivity contribution < 1.29 is 0 Å². The summed E-state index contributed by atoms with van der Waals surface area (Å²) in [7, 11) is 0. The van der Waals surface area contributed by atoms with E-state index in [1.54, 1.807) is 0 Å². The molecule has 11 rings (SSSR count). The summed E-state index contributed by atoms with van der Waals surface area (Å²) >= 11 is 3.70. The zero-order valence-corrected chi connectivity index (χ0v) is 33.7. The zero-order valence-electron chi connectivity index (χ0n) is 32.0. The van der Waals surface area contributed by atoms with E-state index in [1.165, 1.54) is 40.3 Å². The predicted molar refractivity (Wildman–Crippen MR) is 256 cm³/mol. The van der Waals surface area contributed by atoms with E-state index in [-0.39, 0.29) is 0 Å². The molecule has 0 spiro atoms. The molecule has 0 aliphatic heterocycles. The number of para-hydroxylation sites is 5. The minimum absolute atomic E-state index is 1.10. The van der Waals surface area contributed by atoms with Crippen LogP contribution in [0.15, 0.2) is 224 Å². The van der Waals surface area contributed by atoms with Gasteiger partial charge in [0.15, 0.2) is 0 Å². The van der Waals surface area contributed by atoms with E-state index >= 15 is 0 Å². The number of anilines is 9. The zero-order chi connectivity index (χ0) is 39.1. The quantitative estimate of drug-likeness (QED) is 0.144. The Bertz CT molecular complexity index is 3140. The summed E-state index contributed by atoms with van der Waals surface area (Å²) in [6, 6.07) is 81.0. The molecule has 280 valence electrons. The van der Waals surface area contributed by atoms with Crippen LogP contribution < -0.4 is 14.7 Å². The first kappa shape index (κ1) is 35.0. The molecule has 0 amide bonds.